The summed E-state index contributed by atoms with van der Waals surface area (Å²) in [5.41, 5.74) is 6.01. The number of benzene rings is 2. The normalized spacial score (nSPS) is 14.7. The number of aliphatic hydroxyl groups is 1. The van der Waals surface area contributed by atoms with E-state index in [9.17, 15) is 9.90 Å². The number of nitrogens with zero attached hydrogens (tertiary/aromatic N) is 3. The molecule has 1 amide bonds. The Balaban J connectivity index is 1.38. The molecule has 0 fully saturated rings. The van der Waals surface area contributed by atoms with Gasteiger partial charge in [0.1, 0.15) is 4.60 Å². The van der Waals surface area contributed by atoms with Crippen LogP contribution in [0.3, 0.4) is 0 Å². The van der Waals surface area contributed by atoms with E-state index >= 15 is 0 Å². The van der Waals surface area contributed by atoms with E-state index in [1.54, 1.807) is 11.9 Å². The first-order valence-corrected chi connectivity index (χ1v) is 15.0. The Kier molecular flexibility index (Phi) is 8.92. The van der Waals surface area contributed by atoms with Crippen molar-refractivity contribution in [3.63, 3.8) is 0 Å². The Labute approximate surface area is 242 Å². The summed E-state index contributed by atoms with van der Waals surface area (Å²) >= 11 is 5.16. The molecular weight excluding hydrogens is 574 g/mol. The topological polar surface area (TPSA) is 82.4 Å². The second-order valence-corrected chi connectivity index (χ2v) is 11.9. The fourth-order valence-electron chi connectivity index (χ4n) is 5.11. The molecule has 1 aliphatic rings. The molecule has 0 unspecified atom stereocenters. The van der Waals surface area contributed by atoms with Crippen LogP contribution in [0.25, 0.3) is 10.9 Å². The van der Waals surface area contributed by atoms with Crippen LogP contribution in [0.5, 0.6) is 0 Å². The largest absolute Gasteiger partial charge is 0.390 e. The van der Waals surface area contributed by atoms with Gasteiger partial charge in [0.25, 0.3) is 5.91 Å². The molecule has 2 atom stereocenters. The fourth-order valence-corrected chi connectivity index (χ4v) is 6.32. The highest BCUT2D eigenvalue weighted by molar-refractivity contribution is 9.10. The zero-order valence-electron chi connectivity index (χ0n) is 22.2. The molecule has 5 rings (SSSR count). The first kappa shape index (κ1) is 27.7. The number of halogens is 1. The molecule has 2 aromatic carbocycles. The summed E-state index contributed by atoms with van der Waals surface area (Å²) in [6.45, 7) is 3.93. The van der Waals surface area contributed by atoms with Crippen LogP contribution >= 0.6 is 27.9 Å². The van der Waals surface area contributed by atoms with Crippen molar-refractivity contribution in [2.24, 2.45) is 0 Å². The van der Waals surface area contributed by atoms with Crippen LogP contribution in [0.1, 0.15) is 34.1 Å². The van der Waals surface area contributed by atoms with Gasteiger partial charge in [-0.1, -0.05) is 43.3 Å². The average molecular weight is 609 g/mol. The number of pyridine rings is 1. The highest BCUT2D eigenvalue weighted by Gasteiger charge is 2.25. The third-order valence-corrected chi connectivity index (χ3v) is 8.54. The number of aliphatic hydroxyl groups excluding tert-OH is 1. The molecule has 0 radical (unpaired) electrons. The number of amides is 1. The minimum Gasteiger partial charge on any atom is -0.390 e. The molecule has 0 spiro atoms. The molecule has 1 aliphatic heterocycles. The van der Waals surface area contributed by atoms with Crippen molar-refractivity contribution >= 4 is 50.4 Å². The first-order chi connectivity index (χ1) is 18.9. The highest BCUT2D eigenvalue weighted by Crippen LogP contribution is 2.37. The van der Waals surface area contributed by atoms with Crippen LogP contribution in [0.4, 0.5) is 5.69 Å². The van der Waals surface area contributed by atoms with E-state index in [0.717, 1.165) is 45.7 Å². The monoisotopic (exact) mass is 607 g/mol. The molecular formula is C30H34BrN5O2S. The Morgan fingerprint density at radius 2 is 2.00 bits per heavy atom. The summed E-state index contributed by atoms with van der Waals surface area (Å²) in [6.07, 6.45) is 2.85. The van der Waals surface area contributed by atoms with Crippen LogP contribution in [0, 0.1) is 0 Å². The number of aromatic nitrogens is 2. The van der Waals surface area contributed by atoms with Gasteiger partial charge >= 0.3 is 0 Å². The number of hydrogen-bond donors (Lipinski definition) is 3. The minimum absolute atomic E-state index is 0.181. The molecule has 39 heavy (non-hydrogen) atoms. The number of nitrogens with one attached hydrogen (secondary N) is 2. The van der Waals surface area contributed by atoms with E-state index in [1.165, 1.54) is 11.1 Å². The number of rotatable bonds is 10. The molecule has 204 valence electrons. The van der Waals surface area contributed by atoms with Gasteiger partial charge in [-0.2, -0.15) is 0 Å². The third-order valence-electron chi connectivity index (χ3n) is 7.15. The van der Waals surface area contributed by atoms with Gasteiger partial charge in [0.05, 0.1) is 29.0 Å². The zero-order chi connectivity index (χ0) is 27.4. The Hall–Kier alpha value is -2.85. The Morgan fingerprint density at radius 3 is 2.77 bits per heavy atom. The van der Waals surface area contributed by atoms with Gasteiger partial charge in [-0.05, 0) is 76.1 Å². The van der Waals surface area contributed by atoms with E-state index in [1.807, 2.05) is 60.7 Å². The maximum absolute atomic E-state index is 13.7. The molecule has 3 N–H and O–H groups in total. The van der Waals surface area contributed by atoms with Crippen molar-refractivity contribution in [2.75, 3.05) is 23.7 Å². The zero-order valence-corrected chi connectivity index (χ0v) is 24.6. The SMILES string of the molecule is CCc1cn2c3c(cc(C(=O)N[C@@H](Cc4ccccc4)[C@H](O)CNCc4cccc(Br)n4)cc13)N(C)SCC2. The lowest BCUT2D eigenvalue weighted by Gasteiger charge is -2.25. The van der Waals surface area contributed by atoms with Crippen LogP contribution < -0.4 is 14.9 Å². The second-order valence-electron chi connectivity index (χ2n) is 9.84. The maximum Gasteiger partial charge on any atom is 0.251 e. The Bertz CT molecular complexity index is 1440. The lowest BCUT2D eigenvalue weighted by molar-refractivity contribution is 0.0830. The molecule has 0 saturated heterocycles. The second kappa shape index (κ2) is 12.6. The van der Waals surface area contributed by atoms with Crippen LogP contribution in [-0.2, 0) is 25.9 Å². The smallest absolute Gasteiger partial charge is 0.251 e. The first-order valence-electron chi connectivity index (χ1n) is 13.3. The van der Waals surface area contributed by atoms with Crippen LogP contribution in [0.2, 0.25) is 0 Å². The standard InChI is InChI=1S/C30H34BrN5O2S/c1-3-21-19-36-12-13-39-35(2)26-16-22(15-24(21)29(26)36)30(38)34-25(14-20-8-5-4-6-9-20)27(37)18-32-17-23-10-7-11-28(31)33-23/h4-11,15-16,19,25,27,32,37H,3,12-14,17-18H2,1-2H3,(H,34,38)/t25-,27+/m0/s1. The molecule has 7 nitrogen and oxygen atoms in total. The van der Waals surface area contributed by atoms with Gasteiger partial charge in [0.15, 0.2) is 0 Å². The predicted octanol–water partition coefficient (Wildman–Crippen LogP) is 4.95. The van der Waals surface area contributed by atoms with Gasteiger partial charge in [-0.25, -0.2) is 4.98 Å². The van der Waals surface area contributed by atoms with Crippen molar-refractivity contribution < 1.29 is 9.90 Å². The van der Waals surface area contributed by atoms with Crippen molar-refractivity contribution in [1.29, 1.82) is 0 Å². The Morgan fingerprint density at radius 1 is 1.18 bits per heavy atom. The van der Waals surface area contributed by atoms with Gasteiger partial charge < -0.3 is 24.6 Å². The van der Waals surface area contributed by atoms with Crippen molar-refractivity contribution in [1.82, 2.24) is 20.2 Å². The van der Waals surface area contributed by atoms with Gasteiger partial charge in [-0.3, -0.25) is 4.79 Å². The number of anilines is 1. The summed E-state index contributed by atoms with van der Waals surface area (Å²) in [7, 11) is 2.06. The van der Waals surface area contributed by atoms with Crippen LogP contribution in [0.15, 0.2) is 71.5 Å². The van der Waals surface area contributed by atoms with Gasteiger partial charge in [-0.15, -0.1) is 0 Å². The van der Waals surface area contributed by atoms with Crippen molar-refractivity contribution in [2.45, 2.75) is 45.0 Å². The summed E-state index contributed by atoms with van der Waals surface area (Å²) in [4.78, 5) is 18.2. The number of carbonyl (C=O) groups is 1. The molecule has 0 bridgehead atoms. The lowest BCUT2D eigenvalue weighted by Crippen LogP contribution is -2.48. The van der Waals surface area contributed by atoms with E-state index in [-0.39, 0.29) is 5.91 Å². The lowest BCUT2D eigenvalue weighted by atomic mass is 9.99. The number of hydrogen-bond acceptors (Lipinski definition) is 6. The highest BCUT2D eigenvalue weighted by atomic mass is 79.9. The minimum atomic E-state index is -0.794. The number of carbonyl (C=O) groups excluding carboxylic acids is 1. The van der Waals surface area contributed by atoms with E-state index in [4.69, 9.17) is 0 Å². The fraction of sp³-hybridized carbons (Fsp3) is 0.333. The van der Waals surface area contributed by atoms with Crippen LogP contribution in [-0.4, -0.2) is 52.1 Å². The van der Waals surface area contributed by atoms with E-state index in [2.05, 4.69) is 60.6 Å². The third kappa shape index (κ3) is 6.49. The molecule has 0 saturated carbocycles. The summed E-state index contributed by atoms with van der Waals surface area (Å²) in [6, 6.07) is 19.2. The van der Waals surface area contributed by atoms with Gasteiger partial charge in [0, 0.05) is 49.6 Å². The molecule has 4 aromatic rings. The molecule has 3 heterocycles. The molecule has 9 heteroatoms. The molecule has 2 aromatic heterocycles. The van der Waals surface area contributed by atoms with E-state index < -0.39 is 12.1 Å². The summed E-state index contributed by atoms with van der Waals surface area (Å²) in [5.74, 6) is 0.798. The predicted molar refractivity (Wildman–Crippen MR) is 163 cm³/mol. The summed E-state index contributed by atoms with van der Waals surface area (Å²) < 4.78 is 5.25. The van der Waals surface area contributed by atoms with Crippen molar-refractivity contribution in [3.8, 4) is 0 Å². The summed E-state index contributed by atoms with van der Waals surface area (Å²) in [5, 5.41) is 18.8. The van der Waals surface area contributed by atoms with Crippen molar-refractivity contribution in [3.05, 3.63) is 93.8 Å². The average Bonchev–Trinajstić information content (AvgIpc) is 3.21. The van der Waals surface area contributed by atoms with E-state index in [0.29, 0.717) is 25.1 Å². The molecule has 0 aliphatic carbocycles. The number of aryl methyl sites for hydroxylation is 2. The van der Waals surface area contributed by atoms with Gasteiger partial charge in [0.2, 0.25) is 0 Å². The quantitative estimate of drug-likeness (QED) is 0.175. The maximum atomic E-state index is 13.7.